The predicted octanol–water partition coefficient (Wildman–Crippen LogP) is 6.78. The Kier molecular flexibility index (Phi) is 4.44. The van der Waals surface area contributed by atoms with Gasteiger partial charge in [-0.05, 0) is 89.7 Å². The maximum Gasteiger partial charge on any atom is 0.139 e. The molecule has 0 unspecified atom stereocenters. The van der Waals surface area contributed by atoms with Gasteiger partial charge in [-0.3, -0.25) is 4.79 Å². The molecule has 1 N–H and O–H groups in total. The molecule has 2 nitrogen and oxygen atoms in total. The highest BCUT2D eigenvalue weighted by Gasteiger charge is 2.54. The number of hydrogen-bond acceptors (Lipinski definition) is 2. The Balaban J connectivity index is 1.52. The minimum Gasteiger partial charge on any atom is -0.507 e. The van der Waals surface area contributed by atoms with Crippen LogP contribution in [0, 0.1) is 17.3 Å². The van der Waals surface area contributed by atoms with Crippen LogP contribution in [-0.4, -0.2) is 10.9 Å². The molecule has 0 aromatic heterocycles. The molecular weight excluding hydrogens is 368 g/mol. The van der Waals surface area contributed by atoms with Crippen molar-refractivity contribution < 1.29 is 9.90 Å². The first-order chi connectivity index (χ1) is 14.2. The Morgan fingerprint density at radius 3 is 2.43 bits per heavy atom. The summed E-state index contributed by atoms with van der Waals surface area (Å²) in [4.78, 5) is 12.6. The lowest BCUT2D eigenvalue weighted by Gasteiger charge is -2.48. The highest BCUT2D eigenvalue weighted by Crippen LogP contribution is 2.60. The molecule has 0 amide bonds. The van der Waals surface area contributed by atoms with Crippen molar-refractivity contribution in [2.75, 3.05) is 0 Å². The van der Waals surface area contributed by atoms with Crippen LogP contribution < -0.4 is 0 Å². The molecular formula is C28H34O2. The Morgan fingerprint density at radius 1 is 1.00 bits per heavy atom. The first-order valence-electron chi connectivity index (χ1n) is 11.7. The molecule has 158 valence electrons. The van der Waals surface area contributed by atoms with Crippen LogP contribution in [0.15, 0.2) is 36.4 Å². The van der Waals surface area contributed by atoms with Crippen molar-refractivity contribution >= 4 is 5.78 Å². The molecule has 4 atom stereocenters. The molecule has 2 aromatic rings. The number of carbonyl (C=O) groups is 1. The first-order valence-corrected chi connectivity index (χ1v) is 11.7. The maximum atomic E-state index is 12.6. The third kappa shape index (κ3) is 2.94. The van der Waals surface area contributed by atoms with Crippen molar-refractivity contribution in [1.29, 1.82) is 0 Å². The van der Waals surface area contributed by atoms with E-state index < -0.39 is 0 Å². The van der Waals surface area contributed by atoms with Gasteiger partial charge in [0.1, 0.15) is 11.5 Å². The quantitative estimate of drug-likeness (QED) is 0.571. The number of ketones is 1. The number of aryl methyl sites for hydroxylation is 1. The van der Waals surface area contributed by atoms with E-state index in [1.54, 1.807) is 0 Å². The third-order valence-corrected chi connectivity index (χ3v) is 8.61. The number of carbonyl (C=O) groups excluding carboxylic acids is 1. The van der Waals surface area contributed by atoms with Crippen molar-refractivity contribution in [3.8, 4) is 16.9 Å². The number of Topliss-reactive ketones (excluding diaryl/α,β-unsaturated/α-hetero) is 1. The summed E-state index contributed by atoms with van der Waals surface area (Å²) in [5, 5.41) is 10.8. The molecule has 2 aromatic carbocycles. The van der Waals surface area contributed by atoms with Gasteiger partial charge in [0.25, 0.3) is 0 Å². The average molecular weight is 403 g/mol. The normalized spacial score (nSPS) is 30.5. The molecule has 0 saturated heterocycles. The predicted molar refractivity (Wildman–Crippen MR) is 122 cm³/mol. The number of phenolic OH excluding ortho intramolecular Hbond substituents is 1. The van der Waals surface area contributed by atoms with Gasteiger partial charge in [-0.15, -0.1) is 0 Å². The van der Waals surface area contributed by atoms with E-state index in [-0.39, 0.29) is 10.8 Å². The summed E-state index contributed by atoms with van der Waals surface area (Å²) in [6, 6.07) is 13.0. The van der Waals surface area contributed by atoms with Gasteiger partial charge in [0.15, 0.2) is 0 Å². The van der Waals surface area contributed by atoms with E-state index in [2.05, 4.69) is 58.0 Å². The Labute approximate surface area is 180 Å². The van der Waals surface area contributed by atoms with E-state index in [0.717, 1.165) is 49.7 Å². The summed E-state index contributed by atoms with van der Waals surface area (Å²) in [6.45, 7) is 8.91. The lowest BCUT2D eigenvalue weighted by Crippen LogP contribution is -2.42. The van der Waals surface area contributed by atoms with Gasteiger partial charge in [0.05, 0.1) is 0 Å². The Hall–Kier alpha value is -2.09. The minimum atomic E-state index is -0.0821. The number of hydrogen-bond donors (Lipinski definition) is 1. The number of fused-ring (bicyclic) bond motifs is 5. The molecule has 5 rings (SSSR count). The molecule has 0 radical (unpaired) electrons. The topological polar surface area (TPSA) is 37.3 Å². The molecule has 30 heavy (non-hydrogen) atoms. The lowest BCUT2D eigenvalue weighted by molar-refractivity contribution is -0.129. The van der Waals surface area contributed by atoms with Gasteiger partial charge >= 0.3 is 0 Å². The fourth-order valence-corrected chi connectivity index (χ4v) is 6.76. The van der Waals surface area contributed by atoms with Gasteiger partial charge in [-0.2, -0.15) is 0 Å². The van der Waals surface area contributed by atoms with Gasteiger partial charge in [0, 0.05) is 17.4 Å². The smallest absolute Gasteiger partial charge is 0.139 e. The molecule has 2 saturated carbocycles. The molecule has 0 spiro atoms. The van der Waals surface area contributed by atoms with Crippen LogP contribution in [-0.2, 0) is 16.6 Å². The zero-order chi connectivity index (χ0) is 21.3. The van der Waals surface area contributed by atoms with Crippen LogP contribution in [0.5, 0.6) is 5.75 Å². The average Bonchev–Trinajstić information content (AvgIpc) is 3.01. The van der Waals surface area contributed by atoms with E-state index in [1.807, 2.05) is 6.07 Å². The summed E-state index contributed by atoms with van der Waals surface area (Å²) in [6.07, 6.45) is 6.15. The largest absolute Gasteiger partial charge is 0.507 e. The van der Waals surface area contributed by atoms with Crippen molar-refractivity contribution in [3.05, 3.63) is 53.1 Å². The zero-order valence-electron chi connectivity index (χ0n) is 18.8. The van der Waals surface area contributed by atoms with Crippen molar-refractivity contribution in [3.63, 3.8) is 0 Å². The van der Waals surface area contributed by atoms with Gasteiger partial charge in [-0.1, -0.05) is 52.0 Å². The highest BCUT2D eigenvalue weighted by atomic mass is 16.3. The van der Waals surface area contributed by atoms with Crippen LogP contribution in [0.1, 0.15) is 82.4 Å². The van der Waals surface area contributed by atoms with Crippen LogP contribution in [0.3, 0.4) is 0 Å². The fraction of sp³-hybridized carbons (Fsp3) is 0.536. The monoisotopic (exact) mass is 402 g/mol. The lowest BCUT2D eigenvalue weighted by atomic mass is 9.55. The maximum absolute atomic E-state index is 12.6. The SMILES string of the molecule is CC(C)(C)c1ccc(-c2cc3c(cc2O)CC[C@@H]2[C@@H]3CC[C@]3(C)C(=O)CC[C@@H]23)cc1. The molecule has 0 heterocycles. The molecule has 0 aliphatic heterocycles. The second kappa shape index (κ2) is 6.70. The van der Waals surface area contributed by atoms with Gasteiger partial charge in [0.2, 0.25) is 0 Å². The molecule has 2 fully saturated rings. The second-order valence-corrected chi connectivity index (χ2v) is 11.2. The van der Waals surface area contributed by atoms with Gasteiger partial charge < -0.3 is 5.11 Å². The Bertz CT molecular complexity index is 995. The summed E-state index contributed by atoms with van der Waals surface area (Å²) < 4.78 is 0. The highest BCUT2D eigenvalue weighted by molar-refractivity contribution is 5.87. The fourth-order valence-electron chi connectivity index (χ4n) is 6.76. The summed E-state index contributed by atoms with van der Waals surface area (Å²) in [5.41, 5.74) is 6.13. The van der Waals surface area contributed by atoms with Gasteiger partial charge in [-0.25, -0.2) is 0 Å². The van der Waals surface area contributed by atoms with E-state index in [9.17, 15) is 9.90 Å². The molecule has 2 heteroatoms. The van der Waals surface area contributed by atoms with Crippen molar-refractivity contribution in [2.24, 2.45) is 17.3 Å². The summed E-state index contributed by atoms with van der Waals surface area (Å²) in [7, 11) is 0. The number of rotatable bonds is 1. The standard InChI is InChI=1S/C28H34O2/c1-27(2,3)19-8-5-17(6-9-19)23-16-22-18(15-25(23)29)7-10-21-20(22)13-14-28(4)24(21)11-12-26(28)30/h5-6,8-9,15-16,20-21,24,29H,7,10-14H2,1-4H3/t20-,21+,24-,28-/m0/s1. The summed E-state index contributed by atoms with van der Waals surface area (Å²) >= 11 is 0. The molecule has 0 bridgehead atoms. The van der Waals surface area contributed by atoms with E-state index in [0.29, 0.717) is 29.3 Å². The van der Waals surface area contributed by atoms with Crippen LogP contribution >= 0.6 is 0 Å². The molecule has 3 aliphatic carbocycles. The van der Waals surface area contributed by atoms with Crippen molar-refractivity contribution in [2.45, 2.75) is 77.6 Å². The van der Waals surface area contributed by atoms with Crippen LogP contribution in [0.25, 0.3) is 11.1 Å². The number of benzene rings is 2. The van der Waals surface area contributed by atoms with E-state index in [4.69, 9.17) is 0 Å². The van der Waals surface area contributed by atoms with Crippen molar-refractivity contribution in [1.82, 2.24) is 0 Å². The van der Waals surface area contributed by atoms with E-state index in [1.165, 1.54) is 16.7 Å². The summed E-state index contributed by atoms with van der Waals surface area (Å²) in [5.74, 6) is 2.59. The number of aromatic hydroxyl groups is 1. The second-order valence-electron chi connectivity index (χ2n) is 11.2. The first kappa shape index (κ1) is 19.8. The number of phenols is 1. The molecule has 3 aliphatic rings. The van der Waals surface area contributed by atoms with Crippen LogP contribution in [0.4, 0.5) is 0 Å². The zero-order valence-corrected chi connectivity index (χ0v) is 18.8. The van der Waals surface area contributed by atoms with Crippen LogP contribution in [0.2, 0.25) is 0 Å². The Morgan fingerprint density at radius 2 is 1.73 bits per heavy atom. The minimum absolute atomic E-state index is 0.0821. The third-order valence-electron chi connectivity index (χ3n) is 8.61. The van der Waals surface area contributed by atoms with E-state index >= 15 is 0 Å².